The molecule has 3 nitrogen and oxygen atoms in total. The Labute approximate surface area is 122 Å². The normalized spacial score (nSPS) is 17.3. The molecule has 0 amide bonds. The summed E-state index contributed by atoms with van der Waals surface area (Å²) in [6.45, 7) is 7.35. The SMILES string of the molecule is CC(C)N1CCN(c2ccc(C(F)(F)F)cc2C=O)CC1. The molecule has 116 valence electrons. The number of anilines is 1. The molecule has 0 bridgehead atoms. The van der Waals surface area contributed by atoms with E-state index in [4.69, 9.17) is 0 Å². The fourth-order valence-electron chi connectivity index (χ4n) is 2.59. The third-order valence-corrected chi connectivity index (χ3v) is 3.87. The Kier molecular flexibility index (Phi) is 4.56. The molecule has 0 radical (unpaired) electrons. The maximum Gasteiger partial charge on any atom is 0.416 e. The number of piperazine rings is 1. The molecule has 0 aliphatic carbocycles. The molecule has 6 heteroatoms. The Morgan fingerprint density at radius 3 is 2.24 bits per heavy atom. The van der Waals surface area contributed by atoms with Gasteiger partial charge in [-0.15, -0.1) is 0 Å². The molecule has 0 N–H and O–H groups in total. The molecule has 1 fully saturated rings. The second kappa shape index (κ2) is 6.05. The van der Waals surface area contributed by atoms with Crippen molar-refractivity contribution in [3.05, 3.63) is 29.3 Å². The van der Waals surface area contributed by atoms with Crippen molar-refractivity contribution in [2.24, 2.45) is 0 Å². The van der Waals surface area contributed by atoms with Crippen molar-refractivity contribution in [2.75, 3.05) is 31.1 Å². The zero-order valence-corrected chi connectivity index (χ0v) is 12.2. The zero-order valence-electron chi connectivity index (χ0n) is 12.2. The van der Waals surface area contributed by atoms with Crippen molar-refractivity contribution in [3.8, 4) is 0 Å². The number of hydrogen-bond donors (Lipinski definition) is 0. The first-order chi connectivity index (χ1) is 9.82. The van der Waals surface area contributed by atoms with Crippen molar-refractivity contribution in [2.45, 2.75) is 26.1 Å². The average molecular weight is 300 g/mol. The maximum atomic E-state index is 12.7. The molecule has 1 aromatic carbocycles. The van der Waals surface area contributed by atoms with E-state index in [9.17, 15) is 18.0 Å². The van der Waals surface area contributed by atoms with E-state index in [-0.39, 0.29) is 5.56 Å². The van der Waals surface area contributed by atoms with Gasteiger partial charge in [-0.2, -0.15) is 13.2 Å². The molecule has 21 heavy (non-hydrogen) atoms. The molecule has 1 aliphatic rings. The highest BCUT2D eigenvalue weighted by Crippen LogP contribution is 2.32. The van der Waals surface area contributed by atoms with E-state index in [1.807, 2.05) is 4.90 Å². The zero-order chi connectivity index (χ0) is 15.6. The predicted molar refractivity (Wildman–Crippen MR) is 75.8 cm³/mol. The van der Waals surface area contributed by atoms with Gasteiger partial charge in [0.25, 0.3) is 0 Å². The van der Waals surface area contributed by atoms with Gasteiger partial charge in [0.1, 0.15) is 0 Å². The first kappa shape index (κ1) is 15.8. The van der Waals surface area contributed by atoms with Crippen LogP contribution in [-0.2, 0) is 6.18 Å². The molecule has 0 saturated carbocycles. The summed E-state index contributed by atoms with van der Waals surface area (Å²) in [6.07, 6.45) is -3.92. The minimum absolute atomic E-state index is 0.0998. The van der Waals surface area contributed by atoms with Crippen LogP contribution in [0.4, 0.5) is 18.9 Å². The van der Waals surface area contributed by atoms with E-state index >= 15 is 0 Å². The second-order valence-corrected chi connectivity index (χ2v) is 5.51. The Hall–Kier alpha value is -1.56. The van der Waals surface area contributed by atoms with Gasteiger partial charge in [0.15, 0.2) is 6.29 Å². The van der Waals surface area contributed by atoms with Crippen molar-refractivity contribution in [1.29, 1.82) is 0 Å². The monoisotopic (exact) mass is 300 g/mol. The summed E-state index contributed by atoms with van der Waals surface area (Å²) in [6, 6.07) is 3.82. The van der Waals surface area contributed by atoms with Crippen LogP contribution in [0.3, 0.4) is 0 Å². The van der Waals surface area contributed by atoms with Crippen molar-refractivity contribution in [3.63, 3.8) is 0 Å². The summed E-state index contributed by atoms with van der Waals surface area (Å²) >= 11 is 0. The van der Waals surface area contributed by atoms with Gasteiger partial charge in [0.05, 0.1) is 5.56 Å². The summed E-state index contributed by atoms with van der Waals surface area (Å²) in [5.74, 6) is 0. The van der Waals surface area contributed by atoms with E-state index in [0.717, 1.165) is 25.2 Å². The van der Waals surface area contributed by atoms with Crippen LogP contribution in [-0.4, -0.2) is 43.4 Å². The van der Waals surface area contributed by atoms with Crippen molar-refractivity contribution < 1.29 is 18.0 Å². The van der Waals surface area contributed by atoms with Crippen molar-refractivity contribution in [1.82, 2.24) is 4.90 Å². The molecule has 0 unspecified atom stereocenters. The van der Waals surface area contributed by atoms with Crippen molar-refractivity contribution >= 4 is 12.0 Å². The first-order valence-electron chi connectivity index (χ1n) is 6.98. The fraction of sp³-hybridized carbons (Fsp3) is 0.533. The lowest BCUT2D eigenvalue weighted by Gasteiger charge is -2.38. The van der Waals surface area contributed by atoms with Crippen LogP contribution < -0.4 is 4.90 Å². The minimum Gasteiger partial charge on any atom is -0.368 e. The van der Waals surface area contributed by atoms with Gasteiger partial charge in [-0.25, -0.2) is 0 Å². The minimum atomic E-state index is -4.42. The Balaban J connectivity index is 2.19. The van der Waals surface area contributed by atoms with Crippen LogP contribution in [0.15, 0.2) is 18.2 Å². The maximum absolute atomic E-state index is 12.7. The lowest BCUT2D eigenvalue weighted by molar-refractivity contribution is -0.137. The number of rotatable bonds is 3. The largest absolute Gasteiger partial charge is 0.416 e. The van der Waals surface area contributed by atoms with Gasteiger partial charge in [-0.1, -0.05) is 0 Å². The van der Waals surface area contributed by atoms with Crippen LogP contribution in [0, 0.1) is 0 Å². The number of halogens is 3. The van der Waals surface area contributed by atoms with Gasteiger partial charge < -0.3 is 4.90 Å². The lowest BCUT2D eigenvalue weighted by atomic mass is 10.1. The fourth-order valence-corrected chi connectivity index (χ4v) is 2.59. The number of nitrogens with zero attached hydrogens (tertiary/aromatic N) is 2. The Morgan fingerprint density at radius 1 is 1.14 bits per heavy atom. The average Bonchev–Trinajstić information content (AvgIpc) is 2.45. The van der Waals surface area contributed by atoms with Gasteiger partial charge in [0, 0.05) is 43.5 Å². The predicted octanol–water partition coefficient (Wildman–Crippen LogP) is 3.05. The molecule has 1 aliphatic heterocycles. The Bertz CT molecular complexity index is 506. The van der Waals surface area contributed by atoms with Crippen LogP contribution in [0.5, 0.6) is 0 Å². The number of benzene rings is 1. The molecule has 0 atom stereocenters. The summed E-state index contributed by atoms with van der Waals surface area (Å²) in [4.78, 5) is 15.4. The summed E-state index contributed by atoms with van der Waals surface area (Å²) in [7, 11) is 0. The number of alkyl halides is 3. The van der Waals surface area contributed by atoms with Gasteiger partial charge in [-0.05, 0) is 32.0 Å². The van der Waals surface area contributed by atoms with E-state index in [0.29, 0.717) is 31.1 Å². The molecular formula is C15H19F3N2O. The second-order valence-electron chi connectivity index (χ2n) is 5.51. The molecule has 0 spiro atoms. The molecular weight excluding hydrogens is 281 g/mol. The molecule has 2 rings (SSSR count). The smallest absolute Gasteiger partial charge is 0.368 e. The topological polar surface area (TPSA) is 23.6 Å². The molecule has 1 heterocycles. The van der Waals surface area contributed by atoms with Gasteiger partial charge in [0.2, 0.25) is 0 Å². The number of carbonyl (C=O) groups excluding carboxylic acids is 1. The molecule has 1 saturated heterocycles. The number of aldehydes is 1. The van der Waals surface area contributed by atoms with Gasteiger partial charge in [-0.3, -0.25) is 9.69 Å². The molecule has 0 aromatic heterocycles. The lowest BCUT2D eigenvalue weighted by Crippen LogP contribution is -2.49. The summed E-state index contributed by atoms with van der Waals surface area (Å²) in [5, 5.41) is 0. The summed E-state index contributed by atoms with van der Waals surface area (Å²) < 4.78 is 38.0. The van der Waals surface area contributed by atoms with E-state index < -0.39 is 11.7 Å². The van der Waals surface area contributed by atoms with E-state index in [2.05, 4.69) is 18.7 Å². The van der Waals surface area contributed by atoms with Crippen LogP contribution in [0.25, 0.3) is 0 Å². The number of hydrogen-bond acceptors (Lipinski definition) is 3. The third kappa shape index (κ3) is 3.56. The highest BCUT2D eigenvalue weighted by molar-refractivity contribution is 5.85. The van der Waals surface area contributed by atoms with E-state index in [1.54, 1.807) is 0 Å². The highest BCUT2D eigenvalue weighted by Gasteiger charge is 2.31. The Morgan fingerprint density at radius 2 is 1.76 bits per heavy atom. The standard InChI is InChI=1S/C15H19F3N2O/c1-11(2)19-5-7-20(8-6-19)14-4-3-13(15(16,17)18)9-12(14)10-21/h3-4,9-11H,5-8H2,1-2H3. The summed E-state index contributed by atoms with van der Waals surface area (Å²) in [5.41, 5.74) is -0.0987. The highest BCUT2D eigenvalue weighted by atomic mass is 19.4. The van der Waals surface area contributed by atoms with Crippen LogP contribution >= 0.6 is 0 Å². The third-order valence-electron chi connectivity index (χ3n) is 3.87. The van der Waals surface area contributed by atoms with Crippen LogP contribution in [0.2, 0.25) is 0 Å². The van der Waals surface area contributed by atoms with Gasteiger partial charge >= 0.3 is 6.18 Å². The number of carbonyl (C=O) groups is 1. The quantitative estimate of drug-likeness (QED) is 0.802. The molecule has 1 aromatic rings. The first-order valence-corrected chi connectivity index (χ1v) is 6.98. The van der Waals surface area contributed by atoms with Crippen LogP contribution in [0.1, 0.15) is 29.8 Å². The van der Waals surface area contributed by atoms with E-state index in [1.165, 1.54) is 6.07 Å².